The van der Waals surface area contributed by atoms with Crippen LogP contribution in [0.25, 0.3) is 22.4 Å². The number of fused-ring (bicyclic) bond motifs is 1. The predicted molar refractivity (Wildman–Crippen MR) is 114 cm³/mol. The summed E-state index contributed by atoms with van der Waals surface area (Å²) in [5.41, 5.74) is 3.07. The molecule has 1 N–H and O–H groups in total. The number of methoxy groups -OCH3 is 1. The van der Waals surface area contributed by atoms with Crippen LogP contribution in [-0.4, -0.2) is 35.4 Å². The highest BCUT2D eigenvalue weighted by molar-refractivity contribution is 6.30. The Balaban J connectivity index is 1.47. The van der Waals surface area contributed by atoms with Gasteiger partial charge in [-0.05, 0) is 66.7 Å². The fourth-order valence-electron chi connectivity index (χ4n) is 2.96. The number of nitrogens with one attached hydrogen (secondary N) is 1. The number of ketones is 1. The quantitative estimate of drug-likeness (QED) is 0.353. The van der Waals surface area contributed by atoms with Crippen LogP contribution in [-0.2, 0) is 4.74 Å². The fraction of sp³-hybridized carbons (Fsp3) is 0.0870. The summed E-state index contributed by atoms with van der Waals surface area (Å²) >= 11 is 5.82. The van der Waals surface area contributed by atoms with Crippen molar-refractivity contribution in [3.63, 3.8) is 0 Å². The Morgan fingerprint density at radius 3 is 2.37 bits per heavy atom. The Labute approximate surface area is 177 Å². The molecule has 0 atom stereocenters. The maximum Gasteiger partial charge on any atom is 0.338 e. The Kier molecular flexibility index (Phi) is 5.50. The summed E-state index contributed by atoms with van der Waals surface area (Å²) in [6.45, 7) is -0.349. The molecular weight excluding hydrogens is 404 g/mol. The molecule has 0 radical (unpaired) electrons. The molecule has 6 nitrogen and oxygen atoms in total. The van der Waals surface area contributed by atoms with Crippen LogP contribution in [0.3, 0.4) is 0 Å². The topological polar surface area (TPSA) is 81.3 Å². The van der Waals surface area contributed by atoms with E-state index in [1.165, 1.54) is 0 Å². The molecule has 0 saturated carbocycles. The summed E-state index contributed by atoms with van der Waals surface area (Å²) in [5.74, 6) is 0.549. The minimum Gasteiger partial charge on any atom is -0.497 e. The number of aromatic amines is 1. The average Bonchev–Trinajstić information content (AvgIpc) is 3.21. The van der Waals surface area contributed by atoms with Crippen molar-refractivity contribution in [2.45, 2.75) is 0 Å². The minimum atomic E-state index is -0.584. The van der Waals surface area contributed by atoms with Gasteiger partial charge in [-0.25, -0.2) is 9.78 Å². The van der Waals surface area contributed by atoms with E-state index in [-0.39, 0.29) is 12.4 Å². The number of benzene rings is 3. The van der Waals surface area contributed by atoms with Crippen LogP contribution in [0.15, 0.2) is 66.7 Å². The number of hydrogen-bond donors (Lipinski definition) is 1. The summed E-state index contributed by atoms with van der Waals surface area (Å²) in [6, 6.07) is 18.9. The first-order valence-corrected chi connectivity index (χ1v) is 9.51. The number of nitrogens with zero attached hydrogens (tertiary/aromatic N) is 1. The molecule has 0 aliphatic rings. The molecule has 0 spiro atoms. The van der Waals surface area contributed by atoms with Crippen LogP contribution in [0.5, 0.6) is 5.75 Å². The van der Waals surface area contributed by atoms with Crippen molar-refractivity contribution in [1.29, 1.82) is 0 Å². The van der Waals surface area contributed by atoms with Gasteiger partial charge in [0, 0.05) is 16.1 Å². The van der Waals surface area contributed by atoms with Crippen molar-refractivity contribution in [3.8, 4) is 17.1 Å². The molecular formula is C23H17ClN2O4. The van der Waals surface area contributed by atoms with Gasteiger partial charge >= 0.3 is 5.97 Å². The van der Waals surface area contributed by atoms with Crippen LogP contribution in [0, 0.1) is 0 Å². The number of esters is 1. The van der Waals surface area contributed by atoms with Gasteiger partial charge in [0.15, 0.2) is 12.4 Å². The second kappa shape index (κ2) is 8.39. The Hall–Kier alpha value is -3.64. The predicted octanol–water partition coefficient (Wildman–Crippen LogP) is 4.93. The number of aromatic nitrogens is 2. The number of halogens is 1. The molecule has 0 amide bonds. The second-order valence-electron chi connectivity index (χ2n) is 6.55. The highest BCUT2D eigenvalue weighted by Gasteiger charge is 2.14. The maximum absolute atomic E-state index is 12.4. The third kappa shape index (κ3) is 4.18. The van der Waals surface area contributed by atoms with Gasteiger partial charge in [0.25, 0.3) is 0 Å². The lowest BCUT2D eigenvalue weighted by molar-refractivity contribution is 0.0475. The van der Waals surface area contributed by atoms with Crippen molar-refractivity contribution in [1.82, 2.24) is 9.97 Å². The molecule has 0 bridgehead atoms. The van der Waals surface area contributed by atoms with Crippen LogP contribution >= 0.6 is 11.6 Å². The van der Waals surface area contributed by atoms with Crippen LogP contribution in [0.4, 0.5) is 0 Å². The monoisotopic (exact) mass is 420 g/mol. The van der Waals surface area contributed by atoms with Crippen LogP contribution in [0.1, 0.15) is 20.7 Å². The van der Waals surface area contributed by atoms with Gasteiger partial charge in [-0.15, -0.1) is 0 Å². The molecule has 1 aromatic heterocycles. The number of H-pyrrole nitrogens is 1. The average molecular weight is 421 g/mol. The van der Waals surface area contributed by atoms with Crippen molar-refractivity contribution < 1.29 is 19.1 Å². The normalized spacial score (nSPS) is 10.7. The third-order valence-electron chi connectivity index (χ3n) is 4.58. The lowest BCUT2D eigenvalue weighted by Crippen LogP contribution is -2.14. The van der Waals surface area contributed by atoms with E-state index in [1.54, 1.807) is 49.6 Å². The third-order valence-corrected chi connectivity index (χ3v) is 4.83. The number of ether oxygens (including phenoxy) is 2. The van der Waals surface area contributed by atoms with E-state index in [0.717, 1.165) is 16.8 Å². The number of carbonyl (C=O) groups is 2. The highest BCUT2D eigenvalue weighted by atomic mass is 35.5. The molecule has 30 heavy (non-hydrogen) atoms. The molecule has 0 aliphatic carbocycles. The number of imidazole rings is 1. The zero-order chi connectivity index (χ0) is 21.1. The second-order valence-corrected chi connectivity index (χ2v) is 6.99. The summed E-state index contributed by atoms with van der Waals surface area (Å²) in [6.07, 6.45) is 0. The van der Waals surface area contributed by atoms with E-state index in [4.69, 9.17) is 21.1 Å². The lowest BCUT2D eigenvalue weighted by Gasteiger charge is -2.04. The van der Waals surface area contributed by atoms with Gasteiger partial charge in [0.1, 0.15) is 11.6 Å². The first-order valence-electron chi connectivity index (χ1n) is 9.13. The zero-order valence-corrected chi connectivity index (χ0v) is 16.8. The summed E-state index contributed by atoms with van der Waals surface area (Å²) in [4.78, 5) is 32.3. The molecule has 0 saturated heterocycles. The van der Waals surface area contributed by atoms with E-state index >= 15 is 0 Å². The number of carbonyl (C=O) groups excluding carboxylic acids is 2. The maximum atomic E-state index is 12.4. The van der Waals surface area contributed by atoms with Crippen molar-refractivity contribution in [3.05, 3.63) is 82.9 Å². The summed E-state index contributed by atoms with van der Waals surface area (Å²) < 4.78 is 10.3. The van der Waals surface area contributed by atoms with Gasteiger partial charge in [0.05, 0.1) is 23.7 Å². The number of rotatable bonds is 6. The number of Topliss-reactive ketones (excluding diaryl/α,β-unsaturated/α-hetero) is 1. The highest BCUT2D eigenvalue weighted by Crippen LogP contribution is 2.23. The van der Waals surface area contributed by atoms with Crippen LogP contribution < -0.4 is 4.74 Å². The van der Waals surface area contributed by atoms with Gasteiger partial charge in [0.2, 0.25) is 0 Å². The Morgan fingerprint density at radius 1 is 0.967 bits per heavy atom. The Bertz CT molecular complexity index is 1210. The van der Waals surface area contributed by atoms with Crippen LogP contribution in [0.2, 0.25) is 5.02 Å². The van der Waals surface area contributed by atoms with E-state index in [9.17, 15) is 9.59 Å². The smallest absolute Gasteiger partial charge is 0.338 e. The van der Waals surface area contributed by atoms with Crippen molar-refractivity contribution >= 4 is 34.4 Å². The van der Waals surface area contributed by atoms with Gasteiger partial charge in [-0.1, -0.05) is 11.6 Å². The van der Waals surface area contributed by atoms with Crippen molar-refractivity contribution in [2.75, 3.05) is 13.7 Å². The lowest BCUT2D eigenvalue weighted by atomic mass is 10.1. The molecule has 4 aromatic rings. The fourth-order valence-corrected chi connectivity index (χ4v) is 3.08. The van der Waals surface area contributed by atoms with Gasteiger partial charge in [-0.3, -0.25) is 4.79 Å². The molecule has 4 rings (SSSR count). The molecule has 0 unspecified atom stereocenters. The summed E-state index contributed by atoms with van der Waals surface area (Å²) in [7, 11) is 1.61. The Morgan fingerprint density at radius 2 is 1.67 bits per heavy atom. The molecule has 7 heteroatoms. The molecule has 1 heterocycles. The first kappa shape index (κ1) is 19.7. The number of hydrogen-bond acceptors (Lipinski definition) is 5. The standard InChI is InChI=1S/C23H17ClN2O4/c1-29-18-9-4-15(5-10-18)22-25-19-11-6-16(12-20(19)26-22)23(28)30-13-21(27)14-2-7-17(24)8-3-14/h2-12H,13H2,1H3,(H,25,26). The molecule has 0 aliphatic heterocycles. The van der Waals surface area contributed by atoms with E-state index < -0.39 is 5.97 Å². The molecule has 150 valence electrons. The van der Waals surface area contributed by atoms with E-state index in [0.29, 0.717) is 27.5 Å². The molecule has 0 fully saturated rings. The molecule has 3 aromatic carbocycles. The van der Waals surface area contributed by atoms with E-state index in [2.05, 4.69) is 9.97 Å². The van der Waals surface area contributed by atoms with Gasteiger partial charge < -0.3 is 14.5 Å². The van der Waals surface area contributed by atoms with Crippen molar-refractivity contribution in [2.24, 2.45) is 0 Å². The largest absolute Gasteiger partial charge is 0.497 e. The SMILES string of the molecule is COc1ccc(-c2nc3ccc(C(=O)OCC(=O)c4ccc(Cl)cc4)cc3[nH]2)cc1. The first-order chi connectivity index (χ1) is 14.5. The van der Waals surface area contributed by atoms with E-state index in [1.807, 2.05) is 24.3 Å². The summed E-state index contributed by atoms with van der Waals surface area (Å²) in [5, 5.41) is 0.533. The van der Waals surface area contributed by atoms with Gasteiger partial charge in [-0.2, -0.15) is 0 Å². The zero-order valence-electron chi connectivity index (χ0n) is 16.0. The minimum absolute atomic E-state index is 0.301.